The van der Waals surface area contributed by atoms with E-state index < -0.39 is 0 Å². The Morgan fingerprint density at radius 1 is 0.520 bits per heavy atom. The summed E-state index contributed by atoms with van der Waals surface area (Å²) in [6.45, 7) is 4.82. The van der Waals surface area contributed by atoms with E-state index in [9.17, 15) is 9.59 Å². The van der Waals surface area contributed by atoms with E-state index in [1.165, 1.54) is 15.4 Å². The molecule has 3 N–H and O–H groups in total. The van der Waals surface area contributed by atoms with E-state index in [0.29, 0.717) is 41.8 Å². The van der Waals surface area contributed by atoms with E-state index in [2.05, 4.69) is 69.8 Å². The molecule has 2 amide bonds. The summed E-state index contributed by atoms with van der Waals surface area (Å²) >= 11 is 9.37. The molecule has 0 fully saturated rings. The van der Waals surface area contributed by atoms with Gasteiger partial charge in [-0.1, -0.05) is 146 Å². The standard InChI is InChI=1S/C31H28N4OS.C23H18ClN3OS.C8H11N/c1-22(24-8-4-3-5-9-24)33-31-32-19-18-29(34-31)35(21-23-12-16-28(37-2)17-13-23)30(36)27-15-14-25-10-6-7-11-26(25)20-27;1-29-20-10-6-16(7-11-20)15-27(21-12-13-25-23(24)26-21)22(28)19-9-8-17-4-2-3-5-18(17)14-19;1-7(9)8-5-3-2-4-6-8/h3-20,22H,21H2,1-2H3,(H,32,33,34);2-14H,15H2,1H3;2-7H,9H2,1H3/t22-;;7-/m0.0/s1. The first-order valence-corrected chi connectivity index (χ1v) is 27.2. The molecule has 0 saturated carbocycles. The van der Waals surface area contributed by atoms with Crippen LogP contribution in [0.15, 0.2) is 228 Å². The van der Waals surface area contributed by atoms with E-state index >= 15 is 0 Å². The van der Waals surface area contributed by atoms with Gasteiger partial charge in [-0.05, 0) is 142 Å². The van der Waals surface area contributed by atoms with E-state index in [1.807, 2.05) is 171 Å². The topological polar surface area (TPSA) is 130 Å². The van der Waals surface area contributed by atoms with Gasteiger partial charge in [0.2, 0.25) is 11.2 Å². The highest BCUT2D eigenvalue weighted by Crippen LogP contribution is 2.27. The molecule has 10 rings (SSSR count). The molecular formula is C62H57ClN8O2S2. The number of amides is 2. The van der Waals surface area contributed by atoms with Crippen molar-refractivity contribution < 1.29 is 9.59 Å². The number of rotatable bonds is 14. The molecule has 10 nitrogen and oxygen atoms in total. The fraction of sp³-hybridized carbons (Fsp3) is 0.129. The van der Waals surface area contributed by atoms with Gasteiger partial charge < -0.3 is 11.1 Å². The minimum atomic E-state index is -0.139. The zero-order chi connectivity index (χ0) is 52.5. The number of hydrogen-bond donors (Lipinski definition) is 2. The lowest BCUT2D eigenvalue weighted by Crippen LogP contribution is -2.31. The minimum absolute atomic E-state index is 0.0141. The average molecular weight is 1050 g/mol. The van der Waals surface area contributed by atoms with Gasteiger partial charge in [-0.25, -0.2) is 15.0 Å². The van der Waals surface area contributed by atoms with Crippen molar-refractivity contribution in [3.63, 3.8) is 0 Å². The lowest BCUT2D eigenvalue weighted by Gasteiger charge is -2.23. The quantitative estimate of drug-likeness (QED) is 0.0802. The number of fused-ring (bicyclic) bond motifs is 2. The molecule has 0 radical (unpaired) electrons. The minimum Gasteiger partial charge on any atom is -0.348 e. The largest absolute Gasteiger partial charge is 0.348 e. The summed E-state index contributed by atoms with van der Waals surface area (Å²) < 4.78 is 0. The van der Waals surface area contributed by atoms with Gasteiger partial charge in [-0.15, -0.1) is 23.5 Å². The van der Waals surface area contributed by atoms with Crippen molar-refractivity contribution in [3.05, 3.63) is 257 Å². The van der Waals surface area contributed by atoms with Crippen LogP contribution in [0.5, 0.6) is 0 Å². The van der Waals surface area contributed by atoms with Gasteiger partial charge in [0.1, 0.15) is 11.6 Å². The lowest BCUT2D eigenvalue weighted by molar-refractivity contribution is 0.0976. The molecule has 0 aliphatic rings. The molecule has 13 heteroatoms. The van der Waals surface area contributed by atoms with Crippen LogP contribution in [0.25, 0.3) is 21.5 Å². The van der Waals surface area contributed by atoms with Gasteiger partial charge in [0, 0.05) is 39.4 Å². The predicted octanol–water partition coefficient (Wildman–Crippen LogP) is 14.9. The number of thioether (sulfide) groups is 2. The highest BCUT2D eigenvalue weighted by Gasteiger charge is 2.23. The van der Waals surface area contributed by atoms with Crippen molar-refractivity contribution in [1.29, 1.82) is 0 Å². The van der Waals surface area contributed by atoms with Crippen molar-refractivity contribution in [2.75, 3.05) is 27.6 Å². The second-order valence-corrected chi connectivity index (χ2v) is 19.6. The van der Waals surface area contributed by atoms with Crippen LogP contribution in [0.1, 0.15) is 68.9 Å². The molecule has 8 aromatic carbocycles. The molecule has 2 atom stereocenters. The van der Waals surface area contributed by atoms with Crippen LogP contribution >= 0.6 is 35.1 Å². The number of carbonyl (C=O) groups is 2. The first-order valence-electron chi connectivity index (χ1n) is 24.4. The van der Waals surface area contributed by atoms with Crippen molar-refractivity contribution in [3.8, 4) is 0 Å². The van der Waals surface area contributed by atoms with E-state index in [0.717, 1.165) is 38.2 Å². The Morgan fingerprint density at radius 3 is 1.39 bits per heavy atom. The fourth-order valence-corrected chi connectivity index (χ4v) is 9.08. The molecule has 2 aromatic heterocycles. The molecule has 75 heavy (non-hydrogen) atoms. The molecule has 10 aromatic rings. The Labute approximate surface area is 452 Å². The summed E-state index contributed by atoms with van der Waals surface area (Å²) in [6.07, 6.45) is 7.34. The number of nitrogens with one attached hydrogen (secondary N) is 1. The summed E-state index contributed by atoms with van der Waals surface area (Å²) in [6, 6.07) is 67.8. The first kappa shape index (κ1) is 53.4. The number of nitrogens with zero attached hydrogens (tertiary/aromatic N) is 6. The van der Waals surface area contributed by atoms with Gasteiger partial charge in [-0.2, -0.15) is 4.98 Å². The van der Waals surface area contributed by atoms with Crippen LogP contribution in [-0.4, -0.2) is 44.3 Å². The maximum absolute atomic E-state index is 13.9. The average Bonchev–Trinajstić information content (AvgIpc) is 3.46. The number of halogens is 1. The Balaban J connectivity index is 0.000000174. The van der Waals surface area contributed by atoms with Gasteiger partial charge in [-0.3, -0.25) is 19.4 Å². The molecule has 2 heterocycles. The van der Waals surface area contributed by atoms with Gasteiger partial charge in [0.05, 0.1) is 19.1 Å². The zero-order valence-electron chi connectivity index (χ0n) is 42.1. The van der Waals surface area contributed by atoms with Crippen molar-refractivity contribution >= 4 is 86.1 Å². The molecule has 0 unspecified atom stereocenters. The summed E-state index contributed by atoms with van der Waals surface area (Å²) in [7, 11) is 0. The Morgan fingerprint density at radius 2 is 0.947 bits per heavy atom. The predicted molar refractivity (Wildman–Crippen MR) is 312 cm³/mol. The number of benzene rings is 8. The normalized spacial score (nSPS) is 11.5. The molecule has 0 bridgehead atoms. The maximum Gasteiger partial charge on any atom is 0.259 e. The van der Waals surface area contributed by atoms with E-state index in [-0.39, 0.29) is 29.2 Å². The number of anilines is 3. The molecule has 0 saturated heterocycles. The Hall–Kier alpha value is -7.87. The molecule has 0 aliphatic heterocycles. The third-order valence-electron chi connectivity index (χ3n) is 12.3. The molecule has 0 aliphatic carbocycles. The number of nitrogens with two attached hydrogens (primary N) is 1. The van der Waals surface area contributed by atoms with Crippen molar-refractivity contribution in [2.24, 2.45) is 5.73 Å². The summed E-state index contributed by atoms with van der Waals surface area (Å²) in [5.41, 5.74) is 11.2. The maximum atomic E-state index is 13.9. The number of aromatic nitrogens is 4. The smallest absolute Gasteiger partial charge is 0.259 e. The van der Waals surface area contributed by atoms with Crippen LogP contribution in [0.2, 0.25) is 5.28 Å². The second-order valence-electron chi connectivity index (χ2n) is 17.5. The number of hydrogen-bond acceptors (Lipinski definition) is 10. The summed E-state index contributed by atoms with van der Waals surface area (Å²) in [5, 5.41) is 7.71. The second kappa shape index (κ2) is 26.4. The van der Waals surface area contributed by atoms with Gasteiger partial charge in [0.15, 0.2) is 0 Å². The van der Waals surface area contributed by atoms with Crippen LogP contribution < -0.4 is 20.9 Å². The monoisotopic (exact) mass is 1040 g/mol. The SMILES string of the molecule is CSc1ccc(CN(C(=O)c2ccc3ccccc3c2)c2ccnc(Cl)n2)cc1.CSc1ccc(CN(C(=O)c2ccc3ccccc3c2)c2ccnc(N[C@@H](C)c3ccccc3)n2)cc1.C[C@H](N)c1ccccc1. The van der Waals surface area contributed by atoms with Crippen molar-refractivity contribution in [1.82, 2.24) is 19.9 Å². The lowest BCUT2D eigenvalue weighted by atomic mass is 10.1. The summed E-state index contributed by atoms with van der Waals surface area (Å²) in [5.74, 6) is 1.24. The van der Waals surface area contributed by atoms with E-state index in [4.69, 9.17) is 22.3 Å². The van der Waals surface area contributed by atoms with Crippen LogP contribution in [0, 0.1) is 0 Å². The van der Waals surface area contributed by atoms with E-state index in [1.54, 1.807) is 57.9 Å². The molecule has 376 valence electrons. The first-order chi connectivity index (χ1) is 36.5. The molecule has 0 spiro atoms. The van der Waals surface area contributed by atoms with Crippen LogP contribution in [-0.2, 0) is 13.1 Å². The highest BCUT2D eigenvalue weighted by atomic mass is 35.5. The zero-order valence-corrected chi connectivity index (χ0v) is 44.5. The Kier molecular flexibility index (Phi) is 18.8. The van der Waals surface area contributed by atoms with Crippen molar-refractivity contribution in [2.45, 2.75) is 48.8 Å². The van der Waals surface area contributed by atoms with Crippen LogP contribution in [0.4, 0.5) is 17.6 Å². The van der Waals surface area contributed by atoms with Crippen LogP contribution in [0.3, 0.4) is 0 Å². The molecular weight excluding hydrogens is 988 g/mol. The third-order valence-corrected chi connectivity index (χ3v) is 13.9. The highest BCUT2D eigenvalue weighted by molar-refractivity contribution is 7.98. The fourth-order valence-electron chi connectivity index (χ4n) is 8.12. The summed E-state index contributed by atoms with van der Waals surface area (Å²) in [4.78, 5) is 50.5. The van der Waals surface area contributed by atoms with Gasteiger partial charge in [0.25, 0.3) is 11.8 Å². The Bertz CT molecular complexity index is 3460. The number of carbonyl (C=O) groups excluding carboxylic acids is 2. The van der Waals surface area contributed by atoms with Gasteiger partial charge >= 0.3 is 0 Å². The third kappa shape index (κ3) is 14.7.